The molecule has 89 valence electrons. The number of benzene rings is 2. The van der Waals surface area contributed by atoms with Crippen LogP contribution in [0.3, 0.4) is 0 Å². The largest absolute Gasteiger partial charge is 0.0680 e. The third-order valence-electron chi connectivity index (χ3n) is 3.79. The van der Waals surface area contributed by atoms with E-state index in [1.165, 1.54) is 28.4 Å². The number of hydrogen-bond acceptors (Lipinski definition) is 0. The fraction of sp³-hybridized carbons (Fsp3) is 0.375. The van der Waals surface area contributed by atoms with E-state index in [0.29, 0.717) is 0 Å². The highest BCUT2D eigenvalue weighted by Gasteiger charge is 2.17. The smallest absolute Gasteiger partial charge is 0.0553 e. The summed E-state index contributed by atoms with van der Waals surface area (Å²) in [6, 6.07) is 18.4. The van der Waals surface area contributed by atoms with Gasteiger partial charge in [0, 0.05) is 0 Å². The molecule has 1 heteroatoms. The molecule has 0 spiro atoms. The van der Waals surface area contributed by atoms with Gasteiger partial charge in [-0.1, -0.05) is 75.3 Å². The minimum atomic E-state index is -0.221. The van der Waals surface area contributed by atoms with Crippen molar-refractivity contribution in [1.82, 2.24) is 0 Å². The van der Waals surface area contributed by atoms with Crippen molar-refractivity contribution in [2.75, 3.05) is 0 Å². The second-order valence-corrected chi connectivity index (χ2v) is 8.29. The molecule has 2 aromatic rings. The van der Waals surface area contributed by atoms with E-state index in [4.69, 9.17) is 0 Å². The molecule has 0 aliphatic carbocycles. The van der Waals surface area contributed by atoms with Crippen LogP contribution >= 0.6 is 0 Å². The number of rotatable bonds is 4. The molecule has 0 bridgehead atoms. The fourth-order valence-corrected chi connectivity index (χ4v) is 4.95. The predicted octanol–water partition coefficient (Wildman–Crippen LogP) is 5.02. The highest BCUT2D eigenvalue weighted by atomic mass is 28.3. The van der Waals surface area contributed by atoms with Gasteiger partial charge in [0.25, 0.3) is 0 Å². The minimum Gasteiger partial charge on any atom is -0.0680 e. The molecule has 17 heavy (non-hydrogen) atoms. The minimum absolute atomic E-state index is 0.221. The molecule has 0 aliphatic rings. The van der Waals surface area contributed by atoms with Crippen LogP contribution in [0.4, 0.5) is 0 Å². The van der Waals surface area contributed by atoms with E-state index >= 15 is 0 Å². The highest BCUT2D eigenvalue weighted by Crippen LogP contribution is 2.26. The van der Waals surface area contributed by atoms with Crippen LogP contribution in [0.25, 0.3) is 10.8 Å². The molecule has 2 rings (SSSR count). The molecule has 0 N–H and O–H groups in total. The van der Waals surface area contributed by atoms with E-state index in [1.807, 2.05) is 0 Å². The lowest BCUT2D eigenvalue weighted by atomic mass is 10.1. The maximum atomic E-state index is 2.41. The molecule has 2 aromatic carbocycles. The molecule has 0 aromatic heterocycles. The molecular weight excluding hydrogens is 220 g/mol. The third kappa shape index (κ3) is 2.60. The Kier molecular flexibility index (Phi) is 4.00. The number of fused-ring (bicyclic) bond motifs is 1. The topological polar surface area (TPSA) is 0 Å². The van der Waals surface area contributed by atoms with Gasteiger partial charge in [-0.25, -0.2) is 0 Å². The lowest BCUT2D eigenvalue weighted by Crippen LogP contribution is -2.19. The molecule has 0 heterocycles. The van der Waals surface area contributed by atoms with Gasteiger partial charge in [0.1, 0.15) is 0 Å². The van der Waals surface area contributed by atoms with Crippen LogP contribution in [0.2, 0.25) is 12.1 Å². The molecule has 0 saturated carbocycles. The van der Waals surface area contributed by atoms with Gasteiger partial charge in [0.2, 0.25) is 0 Å². The average molecular weight is 241 g/mol. The van der Waals surface area contributed by atoms with Gasteiger partial charge in [-0.3, -0.25) is 0 Å². The summed E-state index contributed by atoms with van der Waals surface area (Å²) < 4.78 is 0. The molecule has 0 aliphatic heterocycles. The summed E-state index contributed by atoms with van der Waals surface area (Å²) in [7, 11) is -0.221. The van der Waals surface area contributed by atoms with Crippen LogP contribution in [-0.4, -0.2) is 8.80 Å². The van der Waals surface area contributed by atoms with Crippen molar-refractivity contribution in [3.63, 3.8) is 0 Å². The summed E-state index contributed by atoms with van der Waals surface area (Å²) in [4.78, 5) is 0. The Morgan fingerprint density at radius 1 is 0.941 bits per heavy atom. The van der Waals surface area contributed by atoms with Crippen LogP contribution in [0.5, 0.6) is 0 Å². The van der Waals surface area contributed by atoms with Crippen molar-refractivity contribution in [3.05, 3.63) is 48.0 Å². The Balaban J connectivity index is 2.35. The molecule has 0 amide bonds. The Labute approximate surface area is 106 Å². The van der Waals surface area contributed by atoms with Crippen molar-refractivity contribution in [3.8, 4) is 0 Å². The summed E-state index contributed by atoms with van der Waals surface area (Å²) in [6.45, 7) is 7.09. The van der Waals surface area contributed by atoms with Crippen molar-refractivity contribution in [2.24, 2.45) is 0 Å². The van der Waals surface area contributed by atoms with E-state index in [9.17, 15) is 0 Å². The summed E-state index contributed by atoms with van der Waals surface area (Å²) >= 11 is 0. The van der Waals surface area contributed by atoms with Crippen LogP contribution in [0.1, 0.15) is 31.9 Å². The van der Waals surface area contributed by atoms with Crippen LogP contribution in [-0.2, 0) is 0 Å². The van der Waals surface area contributed by atoms with Crippen LogP contribution in [0, 0.1) is 0 Å². The SMILES string of the molecule is CC[Si](CC)C(C)c1ccc2ccccc2c1. The Morgan fingerprint density at radius 3 is 2.24 bits per heavy atom. The molecule has 1 unspecified atom stereocenters. The zero-order valence-corrected chi connectivity index (χ0v) is 12.0. The van der Waals surface area contributed by atoms with E-state index in [0.717, 1.165) is 5.54 Å². The van der Waals surface area contributed by atoms with Crippen molar-refractivity contribution in [2.45, 2.75) is 38.4 Å². The first kappa shape index (κ1) is 12.4. The monoisotopic (exact) mass is 241 g/mol. The first-order valence-corrected chi connectivity index (χ1v) is 8.58. The summed E-state index contributed by atoms with van der Waals surface area (Å²) in [5.74, 6) is 0. The van der Waals surface area contributed by atoms with Gasteiger partial charge < -0.3 is 0 Å². The third-order valence-corrected chi connectivity index (χ3v) is 7.17. The Morgan fingerprint density at radius 2 is 1.59 bits per heavy atom. The molecule has 0 nitrogen and oxygen atoms in total. The van der Waals surface area contributed by atoms with E-state index in [1.54, 1.807) is 0 Å². The first-order chi connectivity index (χ1) is 8.26. The second kappa shape index (κ2) is 5.50. The lowest BCUT2D eigenvalue weighted by Gasteiger charge is -2.20. The highest BCUT2D eigenvalue weighted by molar-refractivity contribution is 6.60. The van der Waals surface area contributed by atoms with Crippen molar-refractivity contribution < 1.29 is 0 Å². The zero-order chi connectivity index (χ0) is 12.3. The second-order valence-electron chi connectivity index (χ2n) is 4.69. The zero-order valence-electron chi connectivity index (χ0n) is 11.0. The predicted molar refractivity (Wildman–Crippen MR) is 79.1 cm³/mol. The van der Waals surface area contributed by atoms with Gasteiger partial charge in [0.15, 0.2) is 0 Å². The summed E-state index contributed by atoms with van der Waals surface area (Å²) in [5.41, 5.74) is 2.29. The van der Waals surface area contributed by atoms with Crippen LogP contribution in [0.15, 0.2) is 42.5 Å². The van der Waals surface area contributed by atoms with Gasteiger partial charge in [-0.05, 0) is 21.9 Å². The van der Waals surface area contributed by atoms with E-state index < -0.39 is 0 Å². The molecule has 0 fully saturated rings. The molecule has 0 saturated heterocycles. The molecule has 1 atom stereocenters. The maximum absolute atomic E-state index is 2.41. The lowest BCUT2D eigenvalue weighted by molar-refractivity contribution is 1.01. The van der Waals surface area contributed by atoms with Gasteiger partial charge in [-0.2, -0.15) is 0 Å². The van der Waals surface area contributed by atoms with Gasteiger partial charge in [0.05, 0.1) is 8.80 Å². The molecule has 1 radical (unpaired) electrons. The Bertz CT molecular complexity index is 486. The summed E-state index contributed by atoms with van der Waals surface area (Å²) in [6.07, 6.45) is 0. The Hall–Kier alpha value is -1.08. The van der Waals surface area contributed by atoms with E-state index in [-0.39, 0.29) is 8.80 Å². The van der Waals surface area contributed by atoms with Crippen LogP contribution < -0.4 is 0 Å². The quantitative estimate of drug-likeness (QED) is 0.660. The first-order valence-electron chi connectivity index (χ1n) is 6.59. The normalized spacial score (nSPS) is 13.2. The number of hydrogen-bond donors (Lipinski definition) is 0. The maximum Gasteiger partial charge on any atom is 0.0553 e. The molecular formula is C16H21Si. The standard InChI is InChI=1S/C16H21Si/c1-4-17(5-2)13(3)15-11-10-14-8-6-7-9-16(14)12-15/h6-13H,4-5H2,1-3H3. The van der Waals surface area contributed by atoms with E-state index in [2.05, 4.69) is 63.2 Å². The average Bonchev–Trinajstić information content (AvgIpc) is 2.39. The summed E-state index contributed by atoms with van der Waals surface area (Å²) in [5, 5.41) is 2.73. The fourth-order valence-electron chi connectivity index (χ4n) is 2.58. The van der Waals surface area contributed by atoms with Crippen molar-refractivity contribution in [1.29, 1.82) is 0 Å². The van der Waals surface area contributed by atoms with Gasteiger partial charge in [-0.15, -0.1) is 0 Å². The van der Waals surface area contributed by atoms with Gasteiger partial charge >= 0.3 is 0 Å². The van der Waals surface area contributed by atoms with Crippen molar-refractivity contribution >= 4 is 19.6 Å².